The van der Waals surface area contributed by atoms with E-state index in [9.17, 15) is 0 Å². The molecule has 26 heavy (non-hydrogen) atoms. The van der Waals surface area contributed by atoms with E-state index in [4.69, 9.17) is 4.52 Å². The summed E-state index contributed by atoms with van der Waals surface area (Å²) in [6.07, 6.45) is 5.49. The summed E-state index contributed by atoms with van der Waals surface area (Å²) < 4.78 is 5.36. The van der Waals surface area contributed by atoms with Crippen molar-refractivity contribution in [2.24, 2.45) is 0 Å². The van der Waals surface area contributed by atoms with Crippen molar-refractivity contribution < 1.29 is 4.52 Å². The number of pyridine rings is 1. The summed E-state index contributed by atoms with van der Waals surface area (Å²) in [4.78, 5) is 8.12. The summed E-state index contributed by atoms with van der Waals surface area (Å²) in [6.45, 7) is 6.04. The van der Waals surface area contributed by atoms with Gasteiger partial charge in [-0.05, 0) is 50.1 Å². The third-order valence-electron chi connectivity index (χ3n) is 4.93. The SMILES string of the molecule is Cc1cc2c(cc1-c1c(C)noc1C)[nH]c1ccnc(-c3cn[nH]c3)c12. The second kappa shape index (κ2) is 5.29. The van der Waals surface area contributed by atoms with Gasteiger partial charge in [0.05, 0.1) is 23.1 Å². The van der Waals surface area contributed by atoms with E-state index >= 15 is 0 Å². The van der Waals surface area contributed by atoms with Gasteiger partial charge < -0.3 is 9.51 Å². The molecule has 0 atom stereocenters. The van der Waals surface area contributed by atoms with Crippen molar-refractivity contribution in [1.29, 1.82) is 0 Å². The molecule has 0 aliphatic rings. The lowest BCUT2D eigenvalue weighted by molar-refractivity contribution is 0.393. The molecule has 0 fully saturated rings. The number of benzene rings is 1. The van der Waals surface area contributed by atoms with Crippen LogP contribution in [0.3, 0.4) is 0 Å². The number of aryl methyl sites for hydroxylation is 3. The van der Waals surface area contributed by atoms with E-state index in [0.717, 1.165) is 55.6 Å². The molecule has 5 rings (SSSR count). The molecule has 0 saturated carbocycles. The van der Waals surface area contributed by atoms with Crippen molar-refractivity contribution in [3.8, 4) is 22.4 Å². The van der Waals surface area contributed by atoms with Crippen molar-refractivity contribution in [3.63, 3.8) is 0 Å². The number of aromatic nitrogens is 5. The van der Waals surface area contributed by atoms with Gasteiger partial charge in [-0.25, -0.2) is 0 Å². The first kappa shape index (κ1) is 14.9. The highest BCUT2D eigenvalue weighted by Gasteiger charge is 2.18. The zero-order valence-corrected chi connectivity index (χ0v) is 14.7. The van der Waals surface area contributed by atoms with Crippen molar-refractivity contribution in [3.05, 3.63) is 53.8 Å². The number of nitrogens with one attached hydrogen (secondary N) is 2. The van der Waals surface area contributed by atoms with Gasteiger partial charge in [0.25, 0.3) is 0 Å². The summed E-state index contributed by atoms with van der Waals surface area (Å²) in [5.74, 6) is 0.835. The van der Waals surface area contributed by atoms with E-state index in [1.807, 2.05) is 32.3 Å². The average molecular weight is 343 g/mol. The Bertz CT molecular complexity index is 1240. The zero-order valence-electron chi connectivity index (χ0n) is 14.7. The molecule has 4 aromatic heterocycles. The smallest absolute Gasteiger partial charge is 0.141 e. The Kier molecular flexibility index (Phi) is 3.03. The van der Waals surface area contributed by atoms with Crippen molar-refractivity contribution in [2.45, 2.75) is 20.8 Å². The molecule has 0 unspecified atom stereocenters. The van der Waals surface area contributed by atoms with E-state index in [2.05, 4.69) is 44.4 Å². The molecule has 0 saturated heterocycles. The molecule has 0 amide bonds. The Labute approximate surface area is 149 Å². The summed E-state index contributed by atoms with van der Waals surface area (Å²) in [5, 5.41) is 13.3. The highest BCUT2D eigenvalue weighted by Crippen LogP contribution is 2.37. The van der Waals surface area contributed by atoms with Gasteiger partial charge in [0.1, 0.15) is 5.76 Å². The van der Waals surface area contributed by atoms with E-state index in [-0.39, 0.29) is 0 Å². The minimum Gasteiger partial charge on any atom is -0.361 e. The Hall–Kier alpha value is -3.41. The van der Waals surface area contributed by atoms with Crippen LogP contribution in [0.15, 0.2) is 41.3 Å². The monoisotopic (exact) mass is 343 g/mol. The summed E-state index contributed by atoms with van der Waals surface area (Å²) in [6, 6.07) is 6.39. The molecule has 2 N–H and O–H groups in total. The molecule has 4 heterocycles. The second-order valence-electron chi connectivity index (χ2n) is 6.61. The molecule has 1 aromatic carbocycles. The maximum atomic E-state index is 5.36. The Morgan fingerprint density at radius 2 is 1.96 bits per heavy atom. The number of fused-ring (bicyclic) bond motifs is 3. The van der Waals surface area contributed by atoms with Gasteiger partial charge >= 0.3 is 0 Å². The van der Waals surface area contributed by atoms with Gasteiger partial charge in [0.2, 0.25) is 0 Å². The van der Waals surface area contributed by atoms with E-state index < -0.39 is 0 Å². The third-order valence-corrected chi connectivity index (χ3v) is 4.93. The van der Waals surface area contributed by atoms with Crippen molar-refractivity contribution >= 4 is 21.8 Å². The predicted molar refractivity (Wildman–Crippen MR) is 101 cm³/mol. The first-order valence-electron chi connectivity index (χ1n) is 8.47. The van der Waals surface area contributed by atoms with Gasteiger partial charge in [0, 0.05) is 39.8 Å². The molecule has 0 bridgehead atoms. The Balaban J connectivity index is 1.85. The van der Waals surface area contributed by atoms with Crippen LogP contribution >= 0.6 is 0 Å². The maximum Gasteiger partial charge on any atom is 0.141 e. The third kappa shape index (κ3) is 2.02. The second-order valence-corrected chi connectivity index (χ2v) is 6.61. The van der Waals surface area contributed by atoms with Gasteiger partial charge in [-0.3, -0.25) is 10.1 Å². The highest BCUT2D eigenvalue weighted by molar-refractivity contribution is 6.14. The lowest BCUT2D eigenvalue weighted by Gasteiger charge is -2.06. The fourth-order valence-electron chi connectivity index (χ4n) is 3.74. The van der Waals surface area contributed by atoms with E-state index in [1.54, 1.807) is 6.20 Å². The molecule has 5 aromatic rings. The van der Waals surface area contributed by atoms with Crippen LogP contribution in [0.1, 0.15) is 17.0 Å². The molecule has 0 aliphatic heterocycles. The molecule has 6 heteroatoms. The van der Waals surface area contributed by atoms with Gasteiger partial charge in [0.15, 0.2) is 0 Å². The van der Waals surface area contributed by atoms with Gasteiger partial charge in [-0.2, -0.15) is 5.10 Å². The Morgan fingerprint density at radius 1 is 1.08 bits per heavy atom. The maximum absolute atomic E-state index is 5.36. The molecular weight excluding hydrogens is 326 g/mol. The summed E-state index contributed by atoms with van der Waals surface area (Å²) in [5.41, 5.74) is 8.31. The van der Waals surface area contributed by atoms with Crippen molar-refractivity contribution in [2.75, 3.05) is 0 Å². The molecular formula is C20H17N5O. The molecule has 128 valence electrons. The van der Waals surface area contributed by atoms with Crippen LogP contribution in [0.4, 0.5) is 0 Å². The normalized spacial score (nSPS) is 11.7. The highest BCUT2D eigenvalue weighted by atomic mass is 16.5. The molecule has 0 aliphatic carbocycles. The van der Waals surface area contributed by atoms with Crippen LogP contribution in [0.2, 0.25) is 0 Å². The van der Waals surface area contributed by atoms with Crippen LogP contribution < -0.4 is 0 Å². The topological polar surface area (TPSA) is 83.4 Å². The summed E-state index contributed by atoms with van der Waals surface area (Å²) in [7, 11) is 0. The van der Waals surface area contributed by atoms with Crippen LogP contribution in [-0.2, 0) is 0 Å². The molecule has 0 radical (unpaired) electrons. The minimum atomic E-state index is 0.835. The van der Waals surface area contributed by atoms with Crippen LogP contribution in [0.5, 0.6) is 0 Å². The standard InChI is InChI=1S/C20H17N5O/c1-10-6-15-17(7-14(10)18-11(2)25-26-12(18)3)24-16-4-5-21-20(19(15)16)13-8-22-23-9-13/h4-9,24H,1-3H3,(H,22,23). The lowest BCUT2D eigenvalue weighted by atomic mass is 9.96. The van der Waals surface area contributed by atoms with Crippen LogP contribution in [0, 0.1) is 20.8 Å². The zero-order chi connectivity index (χ0) is 17.8. The van der Waals surface area contributed by atoms with Gasteiger partial charge in [-0.15, -0.1) is 0 Å². The molecule has 0 spiro atoms. The quantitative estimate of drug-likeness (QED) is 0.487. The summed E-state index contributed by atoms with van der Waals surface area (Å²) >= 11 is 0. The Morgan fingerprint density at radius 3 is 2.69 bits per heavy atom. The average Bonchev–Trinajstić information content (AvgIpc) is 3.34. The van der Waals surface area contributed by atoms with E-state index in [0.29, 0.717) is 0 Å². The largest absolute Gasteiger partial charge is 0.361 e. The minimum absolute atomic E-state index is 0.835. The number of nitrogens with zero attached hydrogens (tertiary/aromatic N) is 3. The fourth-order valence-corrected chi connectivity index (χ4v) is 3.74. The fraction of sp³-hybridized carbons (Fsp3) is 0.150. The number of hydrogen-bond acceptors (Lipinski definition) is 4. The molecule has 6 nitrogen and oxygen atoms in total. The number of aromatic amines is 2. The van der Waals surface area contributed by atoms with Crippen LogP contribution in [0.25, 0.3) is 44.2 Å². The number of hydrogen-bond donors (Lipinski definition) is 2. The number of H-pyrrole nitrogens is 2. The van der Waals surface area contributed by atoms with Gasteiger partial charge in [-0.1, -0.05) is 5.16 Å². The first-order valence-corrected chi connectivity index (χ1v) is 8.47. The lowest BCUT2D eigenvalue weighted by Crippen LogP contribution is -1.87. The number of rotatable bonds is 2. The van der Waals surface area contributed by atoms with Crippen LogP contribution in [-0.4, -0.2) is 25.3 Å². The van der Waals surface area contributed by atoms with Crippen molar-refractivity contribution in [1.82, 2.24) is 25.3 Å². The predicted octanol–water partition coefficient (Wildman–Crippen LogP) is 4.69. The van der Waals surface area contributed by atoms with E-state index in [1.165, 1.54) is 5.56 Å². The first-order chi connectivity index (χ1) is 12.6.